The summed E-state index contributed by atoms with van der Waals surface area (Å²) < 4.78 is 0. The van der Waals surface area contributed by atoms with E-state index in [1.165, 1.54) is 27.7 Å². The average Bonchev–Trinajstić information content (AvgIpc) is 3.30. The van der Waals surface area contributed by atoms with Crippen LogP contribution in [0.2, 0.25) is 0 Å². The van der Waals surface area contributed by atoms with Gasteiger partial charge in [-0.05, 0) is 35.7 Å². The molecule has 4 rings (SSSR count). The number of benzene rings is 2. The monoisotopic (exact) mass is 351 g/mol. The van der Waals surface area contributed by atoms with Gasteiger partial charge in [0, 0.05) is 18.3 Å². The summed E-state index contributed by atoms with van der Waals surface area (Å²) in [5.41, 5.74) is 7.38. The van der Waals surface area contributed by atoms with Crippen molar-refractivity contribution in [1.82, 2.24) is 9.88 Å². The van der Waals surface area contributed by atoms with E-state index in [4.69, 9.17) is 5.73 Å². The van der Waals surface area contributed by atoms with Crippen molar-refractivity contribution >= 4 is 28.0 Å². The Morgan fingerprint density at radius 3 is 2.96 bits per heavy atom. The van der Waals surface area contributed by atoms with Crippen LogP contribution in [0.15, 0.2) is 47.8 Å². The molecule has 5 heteroatoms. The molecule has 1 aliphatic rings. The van der Waals surface area contributed by atoms with Crippen molar-refractivity contribution < 1.29 is 4.79 Å². The van der Waals surface area contributed by atoms with Crippen LogP contribution in [0.25, 0.3) is 10.8 Å². The smallest absolute Gasteiger partial charge is 0.273 e. The molecule has 1 aliphatic heterocycles. The van der Waals surface area contributed by atoms with Crippen LogP contribution in [0.4, 0.5) is 0 Å². The van der Waals surface area contributed by atoms with Crippen LogP contribution in [-0.4, -0.2) is 28.9 Å². The van der Waals surface area contributed by atoms with E-state index >= 15 is 0 Å². The molecule has 2 N–H and O–H groups in total. The Morgan fingerprint density at radius 2 is 2.08 bits per heavy atom. The molecule has 0 aliphatic carbocycles. The van der Waals surface area contributed by atoms with Crippen molar-refractivity contribution in [2.24, 2.45) is 5.73 Å². The third kappa shape index (κ3) is 3.05. The molecule has 1 atom stereocenters. The van der Waals surface area contributed by atoms with Crippen molar-refractivity contribution in [3.63, 3.8) is 0 Å². The lowest BCUT2D eigenvalue weighted by Gasteiger charge is -2.25. The van der Waals surface area contributed by atoms with Crippen molar-refractivity contribution in [3.8, 4) is 0 Å². The molecule has 0 bridgehead atoms. The Balaban J connectivity index is 1.66. The lowest BCUT2D eigenvalue weighted by atomic mass is 9.97. The second-order valence-electron chi connectivity index (χ2n) is 6.39. The predicted octanol–water partition coefficient (Wildman–Crippen LogP) is 3.77. The zero-order valence-corrected chi connectivity index (χ0v) is 14.8. The molecule has 0 radical (unpaired) electrons. The fourth-order valence-corrected chi connectivity index (χ4v) is 4.46. The molecule has 0 saturated carbocycles. The summed E-state index contributed by atoms with van der Waals surface area (Å²) in [4.78, 5) is 19.5. The zero-order chi connectivity index (χ0) is 17.2. The van der Waals surface area contributed by atoms with Gasteiger partial charge in [0.05, 0.1) is 11.0 Å². The maximum atomic E-state index is 13.0. The minimum absolute atomic E-state index is 0.0370. The van der Waals surface area contributed by atoms with Gasteiger partial charge in [-0.2, -0.15) is 0 Å². The van der Waals surface area contributed by atoms with Crippen LogP contribution in [-0.2, 0) is 6.42 Å². The van der Waals surface area contributed by atoms with Crippen LogP contribution < -0.4 is 5.73 Å². The number of rotatable bonds is 4. The molecule has 1 fully saturated rings. The SMILES string of the molecule is NCCc1nc(C(=O)N2CCCC2c2cccc3ccccc23)cs1. The van der Waals surface area contributed by atoms with E-state index in [1.807, 2.05) is 10.3 Å². The number of nitrogens with zero attached hydrogens (tertiary/aromatic N) is 2. The normalized spacial score (nSPS) is 17.3. The third-order valence-electron chi connectivity index (χ3n) is 4.83. The highest BCUT2D eigenvalue weighted by molar-refractivity contribution is 7.09. The molecule has 1 unspecified atom stereocenters. The van der Waals surface area contributed by atoms with Gasteiger partial charge in [0.1, 0.15) is 5.69 Å². The molecule has 4 nitrogen and oxygen atoms in total. The van der Waals surface area contributed by atoms with E-state index in [0.29, 0.717) is 12.2 Å². The summed E-state index contributed by atoms with van der Waals surface area (Å²) in [5, 5.41) is 5.26. The molecule has 1 aromatic heterocycles. The number of hydrogen-bond acceptors (Lipinski definition) is 4. The fraction of sp³-hybridized carbons (Fsp3) is 0.300. The van der Waals surface area contributed by atoms with Gasteiger partial charge in [-0.25, -0.2) is 4.98 Å². The number of nitrogens with two attached hydrogens (primary N) is 1. The molecular weight excluding hydrogens is 330 g/mol. The Labute approximate surface area is 151 Å². The number of hydrogen-bond donors (Lipinski definition) is 1. The quantitative estimate of drug-likeness (QED) is 0.778. The summed E-state index contributed by atoms with van der Waals surface area (Å²) >= 11 is 1.52. The van der Waals surface area contributed by atoms with E-state index in [1.54, 1.807) is 0 Å². The maximum Gasteiger partial charge on any atom is 0.273 e. The van der Waals surface area contributed by atoms with Crippen molar-refractivity contribution in [1.29, 1.82) is 0 Å². The van der Waals surface area contributed by atoms with Gasteiger partial charge in [0.2, 0.25) is 0 Å². The van der Waals surface area contributed by atoms with E-state index in [2.05, 4.69) is 47.4 Å². The first-order valence-corrected chi connectivity index (χ1v) is 9.59. The average molecular weight is 351 g/mol. The van der Waals surface area contributed by atoms with Gasteiger partial charge in [-0.3, -0.25) is 4.79 Å². The lowest BCUT2D eigenvalue weighted by molar-refractivity contribution is 0.0731. The molecule has 1 amide bonds. The zero-order valence-electron chi connectivity index (χ0n) is 14.0. The van der Waals surface area contributed by atoms with Crippen molar-refractivity contribution in [2.45, 2.75) is 25.3 Å². The number of likely N-dealkylation sites (tertiary alicyclic amines) is 1. The summed E-state index contributed by atoms with van der Waals surface area (Å²) in [6.45, 7) is 1.35. The summed E-state index contributed by atoms with van der Waals surface area (Å²) in [7, 11) is 0. The highest BCUT2D eigenvalue weighted by Crippen LogP contribution is 2.36. The molecule has 2 heterocycles. The van der Waals surface area contributed by atoms with E-state index in [9.17, 15) is 4.79 Å². The van der Waals surface area contributed by atoms with Crippen LogP contribution >= 0.6 is 11.3 Å². The molecular formula is C20H21N3OS. The molecule has 1 saturated heterocycles. The van der Waals surface area contributed by atoms with Gasteiger partial charge >= 0.3 is 0 Å². The minimum atomic E-state index is 0.0370. The highest BCUT2D eigenvalue weighted by atomic mass is 32.1. The maximum absolute atomic E-state index is 13.0. The van der Waals surface area contributed by atoms with Gasteiger partial charge in [-0.1, -0.05) is 42.5 Å². The fourth-order valence-electron chi connectivity index (χ4n) is 3.67. The van der Waals surface area contributed by atoms with Crippen LogP contribution in [0.3, 0.4) is 0 Å². The molecule has 128 valence electrons. The first kappa shape index (κ1) is 16.2. The number of amides is 1. The Morgan fingerprint density at radius 1 is 1.24 bits per heavy atom. The number of fused-ring (bicyclic) bond motifs is 1. The highest BCUT2D eigenvalue weighted by Gasteiger charge is 2.32. The Hall–Kier alpha value is -2.24. The standard InChI is InChI=1S/C20H21N3OS/c21-11-10-19-22-17(13-25-19)20(24)23-12-4-9-18(23)16-8-3-6-14-5-1-2-7-15(14)16/h1-3,5-8,13,18H,4,9-12,21H2. The second kappa shape index (κ2) is 6.94. The molecule has 25 heavy (non-hydrogen) atoms. The number of carbonyl (C=O) groups is 1. The van der Waals surface area contributed by atoms with Crippen LogP contribution in [0.1, 0.15) is 39.9 Å². The Bertz CT molecular complexity index is 899. The predicted molar refractivity (Wildman–Crippen MR) is 102 cm³/mol. The molecule has 0 spiro atoms. The summed E-state index contributed by atoms with van der Waals surface area (Å²) in [5.74, 6) is 0.0370. The summed E-state index contributed by atoms with van der Waals surface area (Å²) in [6, 6.07) is 14.9. The largest absolute Gasteiger partial charge is 0.330 e. The van der Waals surface area contributed by atoms with E-state index < -0.39 is 0 Å². The first-order valence-electron chi connectivity index (χ1n) is 8.71. The van der Waals surface area contributed by atoms with Crippen LogP contribution in [0.5, 0.6) is 0 Å². The van der Waals surface area contributed by atoms with E-state index in [0.717, 1.165) is 30.8 Å². The molecule has 2 aromatic carbocycles. The first-order chi connectivity index (χ1) is 12.3. The Kier molecular flexibility index (Phi) is 4.51. The van der Waals surface area contributed by atoms with Crippen LogP contribution in [0, 0.1) is 0 Å². The summed E-state index contributed by atoms with van der Waals surface area (Å²) in [6.07, 6.45) is 2.75. The van der Waals surface area contributed by atoms with Crippen molar-refractivity contribution in [2.75, 3.05) is 13.1 Å². The topological polar surface area (TPSA) is 59.2 Å². The number of carbonyl (C=O) groups excluding carboxylic acids is 1. The van der Waals surface area contributed by atoms with Gasteiger partial charge in [0.25, 0.3) is 5.91 Å². The van der Waals surface area contributed by atoms with E-state index in [-0.39, 0.29) is 11.9 Å². The minimum Gasteiger partial charge on any atom is -0.330 e. The van der Waals surface area contributed by atoms with Gasteiger partial charge in [-0.15, -0.1) is 11.3 Å². The third-order valence-corrected chi connectivity index (χ3v) is 5.73. The lowest BCUT2D eigenvalue weighted by Crippen LogP contribution is -2.31. The van der Waals surface area contributed by atoms with Gasteiger partial charge in [0.15, 0.2) is 0 Å². The van der Waals surface area contributed by atoms with Gasteiger partial charge < -0.3 is 10.6 Å². The number of aromatic nitrogens is 1. The molecule has 3 aromatic rings. The second-order valence-corrected chi connectivity index (χ2v) is 7.33. The number of thiazole rings is 1. The van der Waals surface area contributed by atoms with Crippen molar-refractivity contribution in [3.05, 3.63) is 64.1 Å².